The van der Waals surface area contributed by atoms with Gasteiger partial charge in [-0.1, -0.05) is 13.8 Å². The van der Waals surface area contributed by atoms with E-state index < -0.39 is 0 Å². The second-order valence-corrected chi connectivity index (χ2v) is 6.03. The van der Waals surface area contributed by atoms with Crippen molar-refractivity contribution in [1.82, 2.24) is 4.98 Å². The summed E-state index contributed by atoms with van der Waals surface area (Å²) < 4.78 is 15.5. The van der Waals surface area contributed by atoms with E-state index in [0.717, 1.165) is 29.8 Å². The van der Waals surface area contributed by atoms with Gasteiger partial charge < -0.3 is 19.2 Å². The number of allylic oxidation sites excluding steroid dienone is 1. The molecule has 1 aromatic heterocycles. The lowest BCUT2D eigenvalue weighted by molar-refractivity contribution is -0.134. The highest BCUT2D eigenvalue weighted by atomic mass is 16.5. The van der Waals surface area contributed by atoms with E-state index in [-0.39, 0.29) is 5.97 Å². The number of hydrogen-bond donors (Lipinski definition) is 1. The molecule has 0 saturated carbocycles. The van der Waals surface area contributed by atoms with Gasteiger partial charge in [-0.3, -0.25) is 0 Å². The summed E-state index contributed by atoms with van der Waals surface area (Å²) in [5, 5.41) is 3.28. The normalized spacial score (nSPS) is 11.5. The number of carbonyl (C=O) groups is 1. The molecular formula is C19H24N2O4. The maximum Gasteiger partial charge on any atom is 0.332 e. The summed E-state index contributed by atoms with van der Waals surface area (Å²) in [7, 11) is 2.97. The summed E-state index contributed by atoms with van der Waals surface area (Å²) in [5.74, 6) is 1.44. The first kappa shape index (κ1) is 18.6. The average Bonchev–Trinajstić information content (AvgIpc) is 3.13. The number of benzene rings is 1. The van der Waals surface area contributed by atoms with Gasteiger partial charge in [0.1, 0.15) is 5.75 Å². The molecule has 1 heterocycles. The lowest BCUT2D eigenvalue weighted by atomic mass is 10.1. The Morgan fingerprint density at radius 2 is 2.16 bits per heavy atom. The van der Waals surface area contributed by atoms with Crippen LogP contribution >= 0.6 is 0 Å². The number of methoxy groups -OCH3 is 2. The number of anilines is 1. The summed E-state index contributed by atoms with van der Waals surface area (Å²) >= 11 is 0. The minimum atomic E-state index is -0.378. The van der Waals surface area contributed by atoms with Crippen molar-refractivity contribution in [2.75, 3.05) is 19.5 Å². The predicted octanol–water partition coefficient (Wildman–Crippen LogP) is 4.26. The molecule has 0 saturated heterocycles. The minimum absolute atomic E-state index is 0.378. The number of oxazole rings is 1. The SMILES string of the molecule is COC(=O)/C=C(\CCC(C)C)Nc1ccc(-c2cnco2)c(OC)c1. The largest absolute Gasteiger partial charge is 0.496 e. The van der Waals surface area contributed by atoms with E-state index >= 15 is 0 Å². The van der Waals surface area contributed by atoms with Crippen LogP contribution in [-0.2, 0) is 9.53 Å². The Morgan fingerprint density at radius 3 is 2.76 bits per heavy atom. The lowest BCUT2D eigenvalue weighted by Gasteiger charge is -2.14. The molecule has 1 aromatic carbocycles. The van der Waals surface area contributed by atoms with Gasteiger partial charge in [-0.05, 0) is 30.9 Å². The van der Waals surface area contributed by atoms with Crippen LogP contribution in [0.1, 0.15) is 26.7 Å². The van der Waals surface area contributed by atoms with Crippen LogP contribution in [-0.4, -0.2) is 25.2 Å². The quantitative estimate of drug-likeness (QED) is 0.570. The molecule has 0 aliphatic carbocycles. The van der Waals surface area contributed by atoms with Crippen LogP contribution in [0.15, 0.2) is 47.0 Å². The van der Waals surface area contributed by atoms with Crippen molar-refractivity contribution >= 4 is 11.7 Å². The Morgan fingerprint density at radius 1 is 1.36 bits per heavy atom. The first-order valence-corrected chi connectivity index (χ1v) is 8.16. The van der Waals surface area contributed by atoms with E-state index in [9.17, 15) is 4.79 Å². The van der Waals surface area contributed by atoms with Crippen molar-refractivity contribution in [3.8, 4) is 17.1 Å². The fraction of sp³-hybridized carbons (Fsp3) is 0.368. The summed E-state index contributed by atoms with van der Waals surface area (Å²) in [6, 6.07) is 5.65. The third kappa shape index (κ3) is 5.38. The summed E-state index contributed by atoms with van der Waals surface area (Å²) in [6.45, 7) is 4.29. The Labute approximate surface area is 147 Å². The van der Waals surface area contributed by atoms with Gasteiger partial charge in [0.25, 0.3) is 0 Å². The molecular weight excluding hydrogens is 320 g/mol. The second kappa shape index (κ2) is 8.92. The van der Waals surface area contributed by atoms with Crippen LogP contribution in [0.4, 0.5) is 5.69 Å². The van der Waals surface area contributed by atoms with E-state index in [0.29, 0.717) is 17.4 Å². The maximum atomic E-state index is 11.6. The molecule has 0 aliphatic rings. The Kier molecular flexibility index (Phi) is 6.62. The van der Waals surface area contributed by atoms with Gasteiger partial charge in [0.2, 0.25) is 0 Å². The number of aromatic nitrogens is 1. The van der Waals surface area contributed by atoms with E-state index in [1.54, 1.807) is 13.3 Å². The molecule has 0 spiro atoms. The first-order chi connectivity index (χ1) is 12.0. The van der Waals surface area contributed by atoms with Crippen molar-refractivity contribution in [2.24, 2.45) is 5.92 Å². The molecule has 2 aromatic rings. The standard InChI is InChI=1S/C19H24N2O4/c1-13(2)5-6-15(10-19(22)24-4)21-14-7-8-16(17(9-14)23-3)18-11-20-12-25-18/h7-13,21H,5-6H2,1-4H3/b15-10+. The molecule has 0 atom stereocenters. The predicted molar refractivity (Wildman–Crippen MR) is 96.3 cm³/mol. The van der Waals surface area contributed by atoms with Gasteiger partial charge in [-0.2, -0.15) is 0 Å². The fourth-order valence-electron chi connectivity index (χ4n) is 2.32. The molecule has 6 nitrogen and oxygen atoms in total. The van der Waals surface area contributed by atoms with Crippen LogP contribution in [0.5, 0.6) is 5.75 Å². The van der Waals surface area contributed by atoms with Gasteiger partial charge in [0.05, 0.1) is 26.0 Å². The van der Waals surface area contributed by atoms with E-state index in [1.807, 2.05) is 18.2 Å². The van der Waals surface area contributed by atoms with Gasteiger partial charge >= 0.3 is 5.97 Å². The number of carbonyl (C=O) groups excluding carboxylic acids is 1. The molecule has 0 bridgehead atoms. The van der Waals surface area contributed by atoms with Crippen LogP contribution in [0.25, 0.3) is 11.3 Å². The molecule has 6 heteroatoms. The van der Waals surface area contributed by atoms with Crippen molar-refractivity contribution in [1.29, 1.82) is 0 Å². The smallest absolute Gasteiger partial charge is 0.332 e. The van der Waals surface area contributed by atoms with E-state index in [2.05, 4.69) is 24.1 Å². The van der Waals surface area contributed by atoms with Gasteiger partial charge in [-0.15, -0.1) is 0 Å². The second-order valence-electron chi connectivity index (χ2n) is 6.03. The number of nitrogens with zero attached hydrogens (tertiary/aromatic N) is 1. The zero-order valence-corrected chi connectivity index (χ0v) is 15.0. The Bertz CT molecular complexity index is 721. The average molecular weight is 344 g/mol. The molecule has 134 valence electrons. The molecule has 0 fully saturated rings. The number of nitrogens with one attached hydrogen (secondary N) is 1. The van der Waals surface area contributed by atoms with E-state index in [4.69, 9.17) is 13.9 Å². The van der Waals surface area contributed by atoms with Gasteiger partial charge in [-0.25, -0.2) is 9.78 Å². The highest BCUT2D eigenvalue weighted by molar-refractivity contribution is 5.83. The Hall–Kier alpha value is -2.76. The van der Waals surface area contributed by atoms with Gasteiger partial charge in [0.15, 0.2) is 12.2 Å². The molecule has 0 unspecified atom stereocenters. The lowest BCUT2D eigenvalue weighted by Crippen LogP contribution is -2.06. The van der Waals surface area contributed by atoms with Gasteiger partial charge in [0, 0.05) is 23.5 Å². The molecule has 1 N–H and O–H groups in total. The van der Waals surface area contributed by atoms with Crippen LogP contribution in [0, 0.1) is 5.92 Å². The number of hydrogen-bond acceptors (Lipinski definition) is 6. The molecule has 2 rings (SSSR count). The monoisotopic (exact) mass is 344 g/mol. The zero-order chi connectivity index (χ0) is 18.2. The van der Waals surface area contributed by atoms with Crippen LogP contribution < -0.4 is 10.1 Å². The summed E-state index contributed by atoms with van der Waals surface area (Å²) in [5.41, 5.74) is 2.43. The molecule has 0 amide bonds. The van der Waals surface area contributed by atoms with E-state index in [1.165, 1.54) is 19.6 Å². The van der Waals surface area contributed by atoms with Crippen LogP contribution in [0.2, 0.25) is 0 Å². The van der Waals surface area contributed by atoms with Crippen LogP contribution in [0.3, 0.4) is 0 Å². The first-order valence-electron chi connectivity index (χ1n) is 8.16. The minimum Gasteiger partial charge on any atom is -0.496 e. The maximum absolute atomic E-state index is 11.6. The van der Waals surface area contributed by atoms with Crippen molar-refractivity contribution in [2.45, 2.75) is 26.7 Å². The number of ether oxygens (including phenoxy) is 2. The fourth-order valence-corrected chi connectivity index (χ4v) is 2.32. The van der Waals surface area contributed by atoms with Crippen molar-refractivity contribution in [3.63, 3.8) is 0 Å². The molecule has 25 heavy (non-hydrogen) atoms. The zero-order valence-electron chi connectivity index (χ0n) is 15.0. The summed E-state index contributed by atoms with van der Waals surface area (Å²) in [4.78, 5) is 15.5. The third-order valence-electron chi connectivity index (χ3n) is 3.69. The number of rotatable bonds is 8. The van der Waals surface area contributed by atoms with Crippen molar-refractivity contribution in [3.05, 3.63) is 42.6 Å². The number of esters is 1. The highest BCUT2D eigenvalue weighted by Crippen LogP contribution is 2.32. The van der Waals surface area contributed by atoms with Crippen molar-refractivity contribution < 1.29 is 18.7 Å². The highest BCUT2D eigenvalue weighted by Gasteiger charge is 2.11. The molecule has 0 radical (unpaired) electrons. The Balaban J connectivity index is 2.23. The third-order valence-corrected chi connectivity index (χ3v) is 3.69. The topological polar surface area (TPSA) is 73.6 Å². The molecule has 0 aliphatic heterocycles. The summed E-state index contributed by atoms with van der Waals surface area (Å²) in [6.07, 6.45) is 6.21.